The molecular formula is C18H23ClN4O3. The molecule has 1 aliphatic rings. The Bertz CT molecular complexity index is 715. The Labute approximate surface area is 157 Å². The third-order valence-electron chi connectivity index (χ3n) is 4.31. The highest BCUT2D eigenvalue weighted by Crippen LogP contribution is 2.29. The summed E-state index contributed by atoms with van der Waals surface area (Å²) in [6.45, 7) is 6.54. The SMILES string of the molecule is CCOC(=O)N1CCN(CCOc2ccc(-c3ccn[nH]3)cc2Cl)CC1. The van der Waals surface area contributed by atoms with E-state index in [1.54, 1.807) is 11.1 Å². The largest absolute Gasteiger partial charge is 0.491 e. The molecule has 26 heavy (non-hydrogen) atoms. The summed E-state index contributed by atoms with van der Waals surface area (Å²) >= 11 is 6.32. The lowest BCUT2D eigenvalue weighted by molar-refractivity contribution is 0.0757. The maximum atomic E-state index is 11.7. The minimum atomic E-state index is -0.229. The number of ether oxygens (including phenoxy) is 2. The summed E-state index contributed by atoms with van der Waals surface area (Å²) < 4.78 is 10.8. The van der Waals surface area contributed by atoms with E-state index in [9.17, 15) is 4.79 Å². The first-order valence-corrected chi connectivity index (χ1v) is 9.11. The summed E-state index contributed by atoms with van der Waals surface area (Å²) in [6.07, 6.45) is 1.47. The van der Waals surface area contributed by atoms with E-state index in [-0.39, 0.29) is 6.09 Å². The van der Waals surface area contributed by atoms with Crippen LogP contribution in [0.15, 0.2) is 30.5 Å². The quantitative estimate of drug-likeness (QED) is 0.836. The van der Waals surface area contributed by atoms with E-state index in [4.69, 9.17) is 21.1 Å². The van der Waals surface area contributed by atoms with Gasteiger partial charge in [-0.1, -0.05) is 11.6 Å². The average molecular weight is 379 g/mol. The minimum Gasteiger partial charge on any atom is -0.491 e. The maximum absolute atomic E-state index is 11.7. The summed E-state index contributed by atoms with van der Waals surface area (Å²) in [5.74, 6) is 0.667. The van der Waals surface area contributed by atoms with Gasteiger partial charge < -0.3 is 14.4 Å². The number of hydrogen-bond donors (Lipinski definition) is 1. The molecule has 0 saturated carbocycles. The molecule has 2 aromatic rings. The Morgan fingerprint density at radius 3 is 2.73 bits per heavy atom. The van der Waals surface area contributed by atoms with Gasteiger partial charge in [0.05, 0.1) is 17.3 Å². The molecule has 0 aliphatic carbocycles. The number of amides is 1. The topological polar surface area (TPSA) is 70.7 Å². The van der Waals surface area contributed by atoms with Crippen molar-refractivity contribution in [3.05, 3.63) is 35.5 Å². The van der Waals surface area contributed by atoms with Crippen LogP contribution in [0.5, 0.6) is 5.75 Å². The molecule has 3 rings (SSSR count). The number of carbonyl (C=O) groups is 1. The summed E-state index contributed by atoms with van der Waals surface area (Å²) in [5, 5.41) is 7.43. The number of carbonyl (C=O) groups excluding carboxylic acids is 1. The van der Waals surface area contributed by atoms with Gasteiger partial charge in [-0.15, -0.1) is 0 Å². The van der Waals surface area contributed by atoms with Gasteiger partial charge in [-0.05, 0) is 31.2 Å². The number of piperazine rings is 1. The zero-order valence-electron chi connectivity index (χ0n) is 14.8. The van der Waals surface area contributed by atoms with E-state index >= 15 is 0 Å². The van der Waals surface area contributed by atoms with E-state index < -0.39 is 0 Å². The molecule has 0 unspecified atom stereocenters. The van der Waals surface area contributed by atoms with Crippen molar-refractivity contribution < 1.29 is 14.3 Å². The predicted molar refractivity (Wildman–Crippen MR) is 99.6 cm³/mol. The summed E-state index contributed by atoms with van der Waals surface area (Å²) in [6, 6.07) is 7.58. The molecule has 2 heterocycles. The van der Waals surface area contributed by atoms with Gasteiger partial charge in [0, 0.05) is 44.5 Å². The smallest absolute Gasteiger partial charge is 0.409 e. The fourth-order valence-corrected chi connectivity index (χ4v) is 3.09. The van der Waals surface area contributed by atoms with Crippen molar-refractivity contribution >= 4 is 17.7 Å². The molecule has 1 aliphatic heterocycles. The second-order valence-electron chi connectivity index (χ2n) is 5.99. The molecule has 1 saturated heterocycles. The lowest BCUT2D eigenvalue weighted by Crippen LogP contribution is -2.49. The van der Waals surface area contributed by atoms with Crippen LogP contribution >= 0.6 is 11.6 Å². The lowest BCUT2D eigenvalue weighted by atomic mass is 10.1. The second kappa shape index (κ2) is 8.91. The number of rotatable bonds is 6. The first-order valence-electron chi connectivity index (χ1n) is 8.73. The zero-order valence-corrected chi connectivity index (χ0v) is 15.5. The van der Waals surface area contributed by atoms with Gasteiger partial charge in [0.2, 0.25) is 0 Å². The maximum Gasteiger partial charge on any atom is 0.409 e. The molecule has 7 nitrogen and oxygen atoms in total. The Morgan fingerprint density at radius 1 is 1.27 bits per heavy atom. The van der Waals surface area contributed by atoms with Crippen molar-refractivity contribution in [2.75, 3.05) is 45.9 Å². The Hall–Kier alpha value is -2.25. The summed E-state index contributed by atoms with van der Waals surface area (Å²) in [4.78, 5) is 15.7. The minimum absolute atomic E-state index is 0.229. The van der Waals surface area contributed by atoms with Crippen LogP contribution in [0.1, 0.15) is 6.92 Å². The molecule has 140 valence electrons. The van der Waals surface area contributed by atoms with E-state index in [1.807, 2.05) is 31.2 Å². The third-order valence-corrected chi connectivity index (χ3v) is 4.60. The molecule has 1 aromatic heterocycles. The van der Waals surface area contributed by atoms with Crippen LogP contribution < -0.4 is 4.74 Å². The van der Waals surface area contributed by atoms with Crippen molar-refractivity contribution in [1.29, 1.82) is 0 Å². The second-order valence-corrected chi connectivity index (χ2v) is 6.40. The van der Waals surface area contributed by atoms with Gasteiger partial charge in [0.25, 0.3) is 0 Å². The molecule has 8 heteroatoms. The third kappa shape index (κ3) is 4.68. The highest BCUT2D eigenvalue weighted by Gasteiger charge is 2.21. The number of nitrogens with one attached hydrogen (secondary N) is 1. The van der Waals surface area contributed by atoms with Crippen LogP contribution in [0.25, 0.3) is 11.3 Å². The number of benzene rings is 1. The number of halogens is 1. The van der Waals surface area contributed by atoms with E-state index in [1.165, 1.54) is 0 Å². The van der Waals surface area contributed by atoms with Crippen molar-refractivity contribution in [3.8, 4) is 17.0 Å². The normalized spacial score (nSPS) is 15.1. The van der Waals surface area contributed by atoms with Gasteiger partial charge >= 0.3 is 6.09 Å². The molecule has 0 radical (unpaired) electrons. The summed E-state index contributed by atoms with van der Waals surface area (Å²) in [7, 11) is 0. The molecule has 1 fully saturated rings. The molecular weight excluding hydrogens is 356 g/mol. The van der Waals surface area contributed by atoms with Gasteiger partial charge in [-0.2, -0.15) is 5.10 Å². The van der Waals surface area contributed by atoms with E-state index in [2.05, 4.69) is 15.1 Å². The standard InChI is InChI=1S/C18H23ClN4O3/c1-2-25-18(24)23-9-7-22(8-10-23)11-12-26-17-4-3-14(13-15(17)19)16-5-6-20-21-16/h3-6,13H,2,7-12H2,1H3,(H,20,21). The molecule has 0 bridgehead atoms. The number of hydrogen-bond acceptors (Lipinski definition) is 5. The number of nitrogens with zero attached hydrogens (tertiary/aromatic N) is 3. The highest BCUT2D eigenvalue weighted by atomic mass is 35.5. The van der Waals surface area contributed by atoms with Gasteiger partial charge in [0.1, 0.15) is 12.4 Å². The van der Waals surface area contributed by atoms with Crippen LogP contribution in [0.4, 0.5) is 4.79 Å². The Kier molecular flexibility index (Phi) is 6.35. The van der Waals surface area contributed by atoms with Crippen LogP contribution in [0, 0.1) is 0 Å². The van der Waals surface area contributed by atoms with Gasteiger partial charge in [0.15, 0.2) is 0 Å². The van der Waals surface area contributed by atoms with Crippen molar-refractivity contribution in [2.45, 2.75) is 6.92 Å². The first kappa shape index (κ1) is 18.5. The average Bonchev–Trinajstić information content (AvgIpc) is 3.18. The lowest BCUT2D eigenvalue weighted by Gasteiger charge is -2.33. The predicted octanol–water partition coefficient (Wildman–Crippen LogP) is 2.88. The molecule has 1 N–H and O–H groups in total. The van der Waals surface area contributed by atoms with Crippen molar-refractivity contribution in [3.63, 3.8) is 0 Å². The van der Waals surface area contributed by atoms with E-state index in [0.717, 1.165) is 30.9 Å². The first-order chi connectivity index (χ1) is 12.7. The van der Waals surface area contributed by atoms with Crippen LogP contribution in [-0.4, -0.2) is 72.0 Å². The summed E-state index contributed by atoms with van der Waals surface area (Å²) in [5.41, 5.74) is 1.88. The van der Waals surface area contributed by atoms with Gasteiger partial charge in [-0.25, -0.2) is 4.79 Å². The zero-order chi connectivity index (χ0) is 18.4. The van der Waals surface area contributed by atoms with Crippen molar-refractivity contribution in [2.24, 2.45) is 0 Å². The molecule has 0 spiro atoms. The highest BCUT2D eigenvalue weighted by molar-refractivity contribution is 6.32. The van der Waals surface area contributed by atoms with Crippen LogP contribution in [0.2, 0.25) is 5.02 Å². The molecule has 1 aromatic carbocycles. The Morgan fingerprint density at radius 2 is 2.08 bits per heavy atom. The van der Waals surface area contributed by atoms with Gasteiger partial charge in [-0.3, -0.25) is 10.00 Å². The molecule has 1 amide bonds. The van der Waals surface area contributed by atoms with Crippen LogP contribution in [0.3, 0.4) is 0 Å². The fraction of sp³-hybridized carbons (Fsp3) is 0.444. The number of aromatic amines is 1. The Balaban J connectivity index is 1.43. The number of H-pyrrole nitrogens is 1. The molecule has 0 atom stereocenters. The number of aromatic nitrogens is 2. The monoisotopic (exact) mass is 378 g/mol. The fourth-order valence-electron chi connectivity index (χ4n) is 2.86. The van der Waals surface area contributed by atoms with Crippen molar-refractivity contribution in [1.82, 2.24) is 20.0 Å². The van der Waals surface area contributed by atoms with E-state index in [0.29, 0.717) is 37.1 Å². The van der Waals surface area contributed by atoms with Crippen LogP contribution in [-0.2, 0) is 4.74 Å².